The number of aryl methyl sites for hydroxylation is 1. The standard InChI is InChI=1S/C19H18N2O4/c1-21-11-15(14-5-3-4-6-16(14)21)18(22)20-17(19(23)24)12-7-9-13(25-2)10-8-12/h3-11,17H,1-2H3,(H,20,22)(H,23,24). The molecule has 0 aliphatic rings. The van der Waals surface area contributed by atoms with Crippen molar-refractivity contribution >= 4 is 22.8 Å². The molecule has 0 saturated carbocycles. The Morgan fingerprint density at radius 2 is 1.80 bits per heavy atom. The van der Waals surface area contributed by atoms with Crippen molar-refractivity contribution < 1.29 is 19.4 Å². The number of para-hydroxylation sites is 1. The SMILES string of the molecule is COc1ccc(C(NC(=O)c2cn(C)c3ccccc23)C(=O)O)cc1. The minimum absolute atomic E-state index is 0.431. The smallest absolute Gasteiger partial charge is 0.330 e. The van der Waals surface area contributed by atoms with E-state index in [0.717, 1.165) is 10.9 Å². The fraction of sp³-hybridized carbons (Fsp3) is 0.158. The summed E-state index contributed by atoms with van der Waals surface area (Å²) in [7, 11) is 3.38. The number of carboxylic acid groups (broad SMARTS) is 1. The van der Waals surface area contributed by atoms with Gasteiger partial charge in [0.2, 0.25) is 0 Å². The topological polar surface area (TPSA) is 80.6 Å². The summed E-state index contributed by atoms with van der Waals surface area (Å²) in [6.07, 6.45) is 1.70. The Bertz CT molecular complexity index is 928. The Kier molecular flexibility index (Phi) is 4.43. The molecular weight excluding hydrogens is 320 g/mol. The van der Waals surface area contributed by atoms with Gasteiger partial charge in [-0.1, -0.05) is 30.3 Å². The summed E-state index contributed by atoms with van der Waals surface area (Å²) in [5.41, 5.74) is 1.82. The number of nitrogens with zero attached hydrogens (tertiary/aromatic N) is 1. The third kappa shape index (κ3) is 3.19. The van der Waals surface area contributed by atoms with Crippen LogP contribution in [0.25, 0.3) is 10.9 Å². The Morgan fingerprint density at radius 3 is 2.44 bits per heavy atom. The highest BCUT2D eigenvalue weighted by molar-refractivity contribution is 6.08. The van der Waals surface area contributed by atoms with Gasteiger partial charge < -0.3 is 19.7 Å². The van der Waals surface area contributed by atoms with E-state index in [9.17, 15) is 14.7 Å². The minimum atomic E-state index is -1.14. The van der Waals surface area contributed by atoms with E-state index in [0.29, 0.717) is 16.9 Å². The van der Waals surface area contributed by atoms with Gasteiger partial charge in [0.1, 0.15) is 5.75 Å². The second-order valence-corrected chi connectivity index (χ2v) is 5.69. The fourth-order valence-corrected chi connectivity index (χ4v) is 2.82. The van der Waals surface area contributed by atoms with Crippen molar-refractivity contribution in [2.45, 2.75) is 6.04 Å². The summed E-state index contributed by atoms with van der Waals surface area (Å²) in [6, 6.07) is 12.9. The minimum Gasteiger partial charge on any atom is -0.497 e. The van der Waals surface area contributed by atoms with Gasteiger partial charge >= 0.3 is 5.97 Å². The molecule has 25 heavy (non-hydrogen) atoms. The number of carbonyl (C=O) groups excluding carboxylic acids is 1. The Labute approximate surface area is 144 Å². The molecule has 1 atom stereocenters. The van der Waals surface area contributed by atoms with Crippen molar-refractivity contribution in [2.75, 3.05) is 7.11 Å². The van der Waals surface area contributed by atoms with Gasteiger partial charge in [0, 0.05) is 24.1 Å². The summed E-state index contributed by atoms with van der Waals surface area (Å²) in [4.78, 5) is 24.3. The predicted octanol–water partition coefficient (Wildman–Crippen LogP) is 2.74. The molecule has 6 heteroatoms. The highest BCUT2D eigenvalue weighted by atomic mass is 16.5. The van der Waals surface area contributed by atoms with Crippen LogP contribution in [0, 0.1) is 0 Å². The number of carbonyl (C=O) groups is 2. The van der Waals surface area contributed by atoms with Gasteiger partial charge in [0.15, 0.2) is 6.04 Å². The molecule has 1 heterocycles. The maximum atomic E-state index is 12.7. The molecule has 1 unspecified atom stereocenters. The van der Waals surface area contributed by atoms with Gasteiger partial charge in [-0.05, 0) is 23.8 Å². The number of hydrogen-bond donors (Lipinski definition) is 2. The number of ether oxygens (including phenoxy) is 1. The average Bonchev–Trinajstić information content (AvgIpc) is 2.97. The largest absolute Gasteiger partial charge is 0.497 e. The molecule has 2 N–H and O–H groups in total. The number of amides is 1. The zero-order valence-corrected chi connectivity index (χ0v) is 13.9. The molecule has 6 nitrogen and oxygen atoms in total. The first-order chi connectivity index (χ1) is 12.0. The molecule has 1 amide bonds. The molecular formula is C19H18N2O4. The number of aromatic nitrogens is 1. The normalized spacial score (nSPS) is 11.9. The molecule has 0 spiro atoms. The van der Waals surface area contributed by atoms with Crippen molar-refractivity contribution in [2.24, 2.45) is 7.05 Å². The third-order valence-corrected chi connectivity index (χ3v) is 4.11. The molecule has 0 saturated heterocycles. The van der Waals surface area contributed by atoms with Gasteiger partial charge in [0.25, 0.3) is 5.91 Å². The zero-order valence-electron chi connectivity index (χ0n) is 13.9. The first-order valence-electron chi connectivity index (χ1n) is 7.73. The first-order valence-corrected chi connectivity index (χ1v) is 7.73. The maximum absolute atomic E-state index is 12.7. The van der Waals surface area contributed by atoms with Gasteiger partial charge in [-0.15, -0.1) is 0 Å². The summed E-state index contributed by atoms with van der Waals surface area (Å²) < 4.78 is 6.91. The predicted molar refractivity (Wildman–Crippen MR) is 93.8 cm³/mol. The molecule has 0 aliphatic heterocycles. The maximum Gasteiger partial charge on any atom is 0.330 e. The number of aliphatic carboxylic acids is 1. The highest BCUT2D eigenvalue weighted by Crippen LogP contribution is 2.22. The van der Waals surface area contributed by atoms with Crippen LogP contribution >= 0.6 is 0 Å². The van der Waals surface area contributed by atoms with Crippen molar-refractivity contribution in [1.29, 1.82) is 0 Å². The van der Waals surface area contributed by atoms with Gasteiger partial charge in [0.05, 0.1) is 12.7 Å². The van der Waals surface area contributed by atoms with Crippen LogP contribution in [0.15, 0.2) is 54.7 Å². The number of methoxy groups -OCH3 is 1. The van der Waals surface area contributed by atoms with Crippen LogP contribution in [0.3, 0.4) is 0 Å². The van der Waals surface area contributed by atoms with Crippen LogP contribution < -0.4 is 10.1 Å². The summed E-state index contributed by atoms with van der Waals surface area (Å²) >= 11 is 0. The number of nitrogens with one attached hydrogen (secondary N) is 1. The average molecular weight is 338 g/mol. The Morgan fingerprint density at radius 1 is 1.12 bits per heavy atom. The molecule has 3 rings (SSSR count). The number of hydrogen-bond acceptors (Lipinski definition) is 3. The lowest BCUT2D eigenvalue weighted by Gasteiger charge is -2.15. The molecule has 128 valence electrons. The molecule has 3 aromatic rings. The Balaban J connectivity index is 1.91. The summed E-state index contributed by atoms with van der Waals surface area (Å²) in [5.74, 6) is -0.938. The first kappa shape index (κ1) is 16.6. The summed E-state index contributed by atoms with van der Waals surface area (Å²) in [5, 5.41) is 12.9. The van der Waals surface area contributed by atoms with Gasteiger partial charge in [-0.25, -0.2) is 4.79 Å². The van der Waals surface area contributed by atoms with Crippen molar-refractivity contribution in [3.63, 3.8) is 0 Å². The second kappa shape index (κ2) is 6.68. The monoisotopic (exact) mass is 338 g/mol. The molecule has 1 aromatic heterocycles. The lowest BCUT2D eigenvalue weighted by molar-refractivity contribution is -0.139. The van der Waals surface area contributed by atoms with Crippen LogP contribution in [0.5, 0.6) is 5.75 Å². The molecule has 0 aliphatic carbocycles. The van der Waals surface area contributed by atoms with Crippen molar-refractivity contribution in [3.8, 4) is 5.75 Å². The van der Waals surface area contributed by atoms with E-state index in [4.69, 9.17) is 4.74 Å². The number of carboxylic acids is 1. The van der Waals surface area contributed by atoms with E-state index in [1.807, 2.05) is 35.9 Å². The van der Waals surface area contributed by atoms with Crippen LogP contribution in [-0.2, 0) is 11.8 Å². The fourth-order valence-electron chi connectivity index (χ4n) is 2.82. The van der Waals surface area contributed by atoms with E-state index in [1.165, 1.54) is 7.11 Å². The summed E-state index contributed by atoms with van der Waals surface area (Å²) in [6.45, 7) is 0. The van der Waals surface area contributed by atoms with E-state index in [1.54, 1.807) is 30.5 Å². The quantitative estimate of drug-likeness (QED) is 0.749. The van der Waals surface area contributed by atoms with Crippen LogP contribution in [0.1, 0.15) is 22.0 Å². The third-order valence-electron chi connectivity index (χ3n) is 4.11. The lowest BCUT2D eigenvalue weighted by atomic mass is 10.1. The highest BCUT2D eigenvalue weighted by Gasteiger charge is 2.24. The van der Waals surface area contributed by atoms with E-state index in [-0.39, 0.29) is 0 Å². The zero-order chi connectivity index (χ0) is 18.0. The van der Waals surface area contributed by atoms with Gasteiger partial charge in [-0.2, -0.15) is 0 Å². The van der Waals surface area contributed by atoms with Crippen molar-refractivity contribution in [3.05, 3.63) is 65.9 Å². The molecule has 0 fully saturated rings. The Hall–Kier alpha value is -3.28. The van der Waals surface area contributed by atoms with E-state index < -0.39 is 17.9 Å². The second-order valence-electron chi connectivity index (χ2n) is 5.69. The number of benzene rings is 2. The van der Waals surface area contributed by atoms with Crippen LogP contribution in [0.4, 0.5) is 0 Å². The van der Waals surface area contributed by atoms with Crippen LogP contribution in [0.2, 0.25) is 0 Å². The lowest BCUT2D eigenvalue weighted by Crippen LogP contribution is -2.33. The van der Waals surface area contributed by atoms with Gasteiger partial charge in [-0.3, -0.25) is 4.79 Å². The molecule has 2 aromatic carbocycles. The van der Waals surface area contributed by atoms with Crippen molar-refractivity contribution in [1.82, 2.24) is 9.88 Å². The van der Waals surface area contributed by atoms with Crippen LogP contribution in [-0.4, -0.2) is 28.7 Å². The number of rotatable bonds is 5. The van der Waals surface area contributed by atoms with E-state index >= 15 is 0 Å². The number of fused-ring (bicyclic) bond motifs is 1. The molecule has 0 radical (unpaired) electrons. The van der Waals surface area contributed by atoms with E-state index in [2.05, 4.69) is 5.32 Å². The molecule has 0 bridgehead atoms.